The molecule has 1 N–H and O–H groups in total. The molecule has 0 spiro atoms. The fraction of sp³-hybridized carbons (Fsp3) is 0.214. The average molecular weight is 386 g/mol. The number of ether oxygens (including phenoxy) is 1. The van der Waals surface area contributed by atoms with Crippen LogP contribution in [-0.2, 0) is 0 Å². The largest absolute Gasteiger partial charge is 0.495 e. The zero-order valence-electron chi connectivity index (χ0n) is 10.7. The molecule has 19 heavy (non-hydrogen) atoms. The highest BCUT2D eigenvalue weighted by molar-refractivity contribution is 9.11. The molecule has 0 amide bonds. The van der Waals surface area contributed by atoms with E-state index >= 15 is 0 Å². The van der Waals surface area contributed by atoms with E-state index in [-0.39, 0.29) is 6.04 Å². The minimum atomic E-state index is 0.163. The molecule has 0 saturated carbocycles. The summed E-state index contributed by atoms with van der Waals surface area (Å²) < 4.78 is 7.21. The maximum atomic E-state index is 5.31. The molecule has 0 fully saturated rings. The first-order valence-electron chi connectivity index (χ1n) is 5.81. The van der Waals surface area contributed by atoms with Gasteiger partial charge in [0.25, 0.3) is 0 Å². The lowest BCUT2D eigenvalue weighted by Crippen LogP contribution is -2.07. The zero-order valence-corrected chi connectivity index (χ0v) is 13.8. The van der Waals surface area contributed by atoms with Gasteiger partial charge in [0.2, 0.25) is 0 Å². The van der Waals surface area contributed by atoms with Crippen molar-refractivity contribution in [3.8, 4) is 5.75 Å². The number of methoxy groups -OCH3 is 1. The molecule has 1 unspecified atom stereocenters. The second kappa shape index (κ2) is 6.39. The van der Waals surface area contributed by atoms with Crippen LogP contribution in [0.1, 0.15) is 18.5 Å². The second-order valence-electron chi connectivity index (χ2n) is 4.12. The molecule has 3 nitrogen and oxygen atoms in total. The van der Waals surface area contributed by atoms with E-state index in [1.807, 2.05) is 24.4 Å². The quantitative estimate of drug-likeness (QED) is 0.821. The van der Waals surface area contributed by atoms with Crippen LogP contribution in [0, 0.1) is 0 Å². The van der Waals surface area contributed by atoms with E-state index in [1.54, 1.807) is 13.3 Å². The molecular weight excluding hydrogens is 372 g/mol. The van der Waals surface area contributed by atoms with Gasteiger partial charge in [0.1, 0.15) is 5.75 Å². The van der Waals surface area contributed by atoms with Gasteiger partial charge in [-0.25, -0.2) is 0 Å². The zero-order chi connectivity index (χ0) is 13.8. The summed E-state index contributed by atoms with van der Waals surface area (Å²) in [6.07, 6.45) is 3.64. The van der Waals surface area contributed by atoms with Crippen LogP contribution in [-0.4, -0.2) is 12.1 Å². The van der Waals surface area contributed by atoms with Gasteiger partial charge < -0.3 is 10.1 Å². The van der Waals surface area contributed by atoms with Gasteiger partial charge >= 0.3 is 0 Å². The summed E-state index contributed by atoms with van der Waals surface area (Å²) in [4.78, 5) is 4.13. The monoisotopic (exact) mass is 384 g/mol. The molecule has 0 aliphatic rings. The Morgan fingerprint density at radius 1 is 1.26 bits per heavy atom. The Labute approximate surface area is 129 Å². The molecule has 1 heterocycles. The van der Waals surface area contributed by atoms with Crippen LogP contribution in [0.2, 0.25) is 0 Å². The van der Waals surface area contributed by atoms with Crippen molar-refractivity contribution in [3.63, 3.8) is 0 Å². The van der Waals surface area contributed by atoms with Gasteiger partial charge in [0, 0.05) is 22.9 Å². The summed E-state index contributed by atoms with van der Waals surface area (Å²) in [6.45, 7) is 2.10. The van der Waals surface area contributed by atoms with E-state index in [0.717, 1.165) is 25.9 Å². The number of aromatic nitrogens is 1. The van der Waals surface area contributed by atoms with Crippen LogP contribution >= 0.6 is 31.9 Å². The van der Waals surface area contributed by atoms with Crippen LogP contribution in [0.25, 0.3) is 0 Å². The Morgan fingerprint density at radius 3 is 2.68 bits per heavy atom. The van der Waals surface area contributed by atoms with Crippen LogP contribution in [0.5, 0.6) is 5.75 Å². The Morgan fingerprint density at radius 2 is 2.05 bits per heavy atom. The first kappa shape index (κ1) is 14.3. The minimum absolute atomic E-state index is 0.163. The maximum Gasteiger partial charge on any atom is 0.135 e. The van der Waals surface area contributed by atoms with Crippen molar-refractivity contribution >= 4 is 37.5 Å². The van der Waals surface area contributed by atoms with E-state index in [4.69, 9.17) is 4.74 Å². The molecule has 0 bridgehead atoms. The first-order chi connectivity index (χ1) is 9.11. The number of halogens is 2. The van der Waals surface area contributed by atoms with Crippen molar-refractivity contribution in [1.29, 1.82) is 0 Å². The predicted molar refractivity (Wildman–Crippen MR) is 84.7 cm³/mol. The van der Waals surface area contributed by atoms with E-state index in [9.17, 15) is 0 Å². The van der Waals surface area contributed by atoms with E-state index < -0.39 is 0 Å². The number of hydrogen-bond acceptors (Lipinski definition) is 3. The average Bonchev–Trinajstić information content (AvgIpc) is 2.42. The highest BCUT2D eigenvalue weighted by atomic mass is 79.9. The molecule has 2 aromatic rings. The molecule has 0 aliphatic heterocycles. The van der Waals surface area contributed by atoms with E-state index in [2.05, 4.69) is 55.2 Å². The maximum absolute atomic E-state index is 5.31. The molecule has 0 saturated heterocycles. The molecule has 1 aromatic carbocycles. The number of nitrogens with one attached hydrogen (secondary N) is 1. The fourth-order valence-electron chi connectivity index (χ4n) is 1.74. The first-order valence-corrected chi connectivity index (χ1v) is 7.40. The van der Waals surface area contributed by atoms with E-state index in [1.165, 1.54) is 0 Å². The van der Waals surface area contributed by atoms with Gasteiger partial charge in [-0.15, -0.1) is 0 Å². The number of rotatable bonds is 4. The van der Waals surface area contributed by atoms with Crippen LogP contribution in [0.4, 0.5) is 5.69 Å². The molecule has 1 aromatic heterocycles. The standard InChI is InChI=1S/C14H14Br2N2O/c1-9(10-4-3-5-17-8-10)18-13-7-14(19-2)12(16)6-11(13)15/h3-9,18H,1-2H3. The minimum Gasteiger partial charge on any atom is -0.495 e. The molecule has 5 heteroatoms. The fourth-order valence-corrected chi connectivity index (χ4v) is 3.02. The lowest BCUT2D eigenvalue weighted by atomic mass is 10.1. The van der Waals surface area contributed by atoms with Crippen LogP contribution < -0.4 is 10.1 Å². The van der Waals surface area contributed by atoms with Crippen molar-refractivity contribution in [2.75, 3.05) is 12.4 Å². The summed E-state index contributed by atoms with van der Waals surface area (Å²) in [5, 5.41) is 3.44. The third-order valence-electron chi connectivity index (χ3n) is 2.80. The molecule has 1 atom stereocenters. The molecule has 100 valence electrons. The van der Waals surface area contributed by atoms with Gasteiger partial charge in [0.05, 0.1) is 23.3 Å². The summed E-state index contributed by atoms with van der Waals surface area (Å²) in [7, 11) is 1.66. The normalized spacial score (nSPS) is 12.0. The van der Waals surface area contributed by atoms with Crippen molar-refractivity contribution in [2.24, 2.45) is 0 Å². The number of benzene rings is 1. The SMILES string of the molecule is COc1cc(NC(C)c2cccnc2)c(Br)cc1Br. The van der Waals surface area contributed by atoms with Gasteiger partial charge in [-0.1, -0.05) is 6.07 Å². The van der Waals surface area contributed by atoms with Crippen molar-refractivity contribution in [3.05, 3.63) is 51.2 Å². The number of pyridine rings is 1. The van der Waals surface area contributed by atoms with Crippen molar-refractivity contribution in [2.45, 2.75) is 13.0 Å². The smallest absolute Gasteiger partial charge is 0.135 e. The number of nitrogens with zero attached hydrogens (tertiary/aromatic N) is 1. The van der Waals surface area contributed by atoms with E-state index in [0.29, 0.717) is 0 Å². The lowest BCUT2D eigenvalue weighted by molar-refractivity contribution is 0.412. The number of hydrogen-bond donors (Lipinski definition) is 1. The molecule has 2 rings (SSSR count). The van der Waals surface area contributed by atoms with Crippen molar-refractivity contribution in [1.82, 2.24) is 4.98 Å². The van der Waals surface area contributed by atoms with Gasteiger partial charge in [-0.3, -0.25) is 4.98 Å². The number of anilines is 1. The van der Waals surface area contributed by atoms with Crippen molar-refractivity contribution < 1.29 is 4.74 Å². The summed E-state index contributed by atoms with van der Waals surface area (Å²) in [5.41, 5.74) is 2.12. The Balaban J connectivity index is 2.24. The highest BCUT2D eigenvalue weighted by Crippen LogP contribution is 2.36. The topological polar surface area (TPSA) is 34.1 Å². The summed E-state index contributed by atoms with van der Waals surface area (Å²) in [5.74, 6) is 0.795. The van der Waals surface area contributed by atoms with Gasteiger partial charge in [-0.05, 0) is 56.5 Å². The lowest BCUT2D eigenvalue weighted by Gasteiger charge is -2.17. The molecule has 0 radical (unpaired) electrons. The third kappa shape index (κ3) is 3.48. The Bertz CT molecular complexity index is 561. The molecular formula is C14H14Br2N2O. The highest BCUT2D eigenvalue weighted by Gasteiger charge is 2.11. The van der Waals surface area contributed by atoms with Gasteiger partial charge in [0.15, 0.2) is 0 Å². The summed E-state index contributed by atoms with van der Waals surface area (Å²) >= 11 is 7.01. The Hall–Kier alpha value is -1.07. The predicted octanol–water partition coefficient (Wildman–Crippen LogP) is 4.79. The van der Waals surface area contributed by atoms with Crippen LogP contribution in [0.3, 0.4) is 0 Å². The Kier molecular flexibility index (Phi) is 4.82. The van der Waals surface area contributed by atoms with Gasteiger partial charge in [-0.2, -0.15) is 0 Å². The second-order valence-corrected chi connectivity index (χ2v) is 5.83. The summed E-state index contributed by atoms with van der Waals surface area (Å²) in [6, 6.07) is 8.08. The molecule has 0 aliphatic carbocycles. The third-order valence-corrected chi connectivity index (χ3v) is 4.07. The van der Waals surface area contributed by atoms with Crippen LogP contribution in [0.15, 0.2) is 45.6 Å².